The molecule has 0 aliphatic carbocycles. The number of piperidine rings is 1. The fourth-order valence-electron chi connectivity index (χ4n) is 3.72. The summed E-state index contributed by atoms with van der Waals surface area (Å²) < 4.78 is 29.3. The molecule has 5 nitrogen and oxygen atoms in total. The highest BCUT2D eigenvalue weighted by Gasteiger charge is 2.29. The Kier molecular flexibility index (Phi) is 6.27. The second-order valence-electron chi connectivity index (χ2n) is 6.96. The van der Waals surface area contributed by atoms with Crippen LogP contribution in [0.1, 0.15) is 37.7 Å². The molecule has 0 aromatic heterocycles. The maximum Gasteiger partial charge on any atom is 0.279 e. The molecule has 0 bridgehead atoms. The Bertz CT molecular complexity index is 600. The number of hydrogen-bond acceptors (Lipinski definition) is 3. The molecule has 134 valence electrons. The van der Waals surface area contributed by atoms with Crippen molar-refractivity contribution in [1.82, 2.24) is 13.9 Å². The summed E-state index contributed by atoms with van der Waals surface area (Å²) in [5.74, 6) is 0. The Balaban J connectivity index is 1.44. The highest BCUT2D eigenvalue weighted by Crippen LogP contribution is 2.16. The van der Waals surface area contributed by atoms with Crippen molar-refractivity contribution in [3.8, 4) is 0 Å². The highest BCUT2D eigenvalue weighted by molar-refractivity contribution is 7.87. The van der Waals surface area contributed by atoms with Crippen LogP contribution in [0.3, 0.4) is 0 Å². The molecular formula is C18H29N3O2S. The number of hydrogen-bond donors (Lipinski definition) is 1. The first kappa shape index (κ1) is 17.9. The van der Waals surface area contributed by atoms with Gasteiger partial charge in [-0.05, 0) is 57.2 Å². The first-order valence-corrected chi connectivity index (χ1v) is 10.6. The molecule has 1 aromatic rings. The lowest BCUT2D eigenvalue weighted by Crippen LogP contribution is -2.51. The molecule has 1 N–H and O–H groups in total. The molecule has 2 aliphatic rings. The van der Waals surface area contributed by atoms with E-state index in [0.717, 1.165) is 58.2 Å². The molecule has 2 saturated heterocycles. The molecule has 2 heterocycles. The summed E-state index contributed by atoms with van der Waals surface area (Å²) in [6.07, 6.45) is 6.19. The van der Waals surface area contributed by atoms with Crippen molar-refractivity contribution in [2.45, 2.75) is 44.6 Å². The summed E-state index contributed by atoms with van der Waals surface area (Å²) in [5, 5.41) is 0. The van der Waals surface area contributed by atoms with Gasteiger partial charge in [0.25, 0.3) is 10.2 Å². The molecule has 0 radical (unpaired) electrons. The minimum absolute atomic E-state index is 0.0566. The van der Waals surface area contributed by atoms with E-state index in [1.54, 1.807) is 4.31 Å². The Hall–Kier alpha value is -0.950. The van der Waals surface area contributed by atoms with Gasteiger partial charge in [-0.2, -0.15) is 17.4 Å². The molecule has 0 spiro atoms. The van der Waals surface area contributed by atoms with Gasteiger partial charge in [0.15, 0.2) is 0 Å². The number of nitrogens with zero attached hydrogens (tertiary/aromatic N) is 2. The highest BCUT2D eigenvalue weighted by atomic mass is 32.2. The quantitative estimate of drug-likeness (QED) is 0.818. The van der Waals surface area contributed by atoms with Crippen molar-refractivity contribution in [2.24, 2.45) is 0 Å². The van der Waals surface area contributed by atoms with Gasteiger partial charge in [-0.3, -0.25) is 0 Å². The normalized spacial score (nSPS) is 23.6. The standard InChI is InChI=1S/C18H29N3O2S/c22-24(23,21-14-4-5-15-21)19-18-11-7-13-20(16-18)12-6-10-17-8-2-1-3-9-17/h1-3,8-9,18-19H,4-7,10-16H2/t18-/m1/s1. The summed E-state index contributed by atoms with van der Waals surface area (Å²) in [6.45, 7) is 4.29. The summed E-state index contributed by atoms with van der Waals surface area (Å²) in [5.41, 5.74) is 1.38. The predicted molar refractivity (Wildman–Crippen MR) is 97.1 cm³/mol. The van der Waals surface area contributed by atoms with Crippen molar-refractivity contribution in [1.29, 1.82) is 0 Å². The van der Waals surface area contributed by atoms with Crippen molar-refractivity contribution in [2.75, 3.05) is 32.7 Å². The zero-order valence-corrected chi connectivity index (χ0v) is 15.2. The summed E-state index contributed by atoms with van der Waals surface area (Å²) in [7, 11) is -3.29. The average Bonchev–Trinajstić information content (AvgIpc) is 3.11. The van der Waals surface area contributed by atoms with E-state index in [4.69, 9.17) is 0 Å². The van der Waals surface area contributed by atoms with Gasteiger partial charge in [0.1, 0.15) is 0 Å². The van der Waals surface area contributed by atoms with E-state index in [-0.39, 0.29) is 6.04 Å². The van der Waals surface area contributed by atoms with Crippen LogP contribution in [0.2, 0.25) is 0 Å². The fraction of sp³-hybridized carbons (Fsp3) is 0.667. The lowest BCUT2D eigenvalue weighted by molar-refractivity contribution is 0.199. The van der Waals surface area contributed by atoms with Crippen LogP contribution in [0.4, 0.5) is 0 Å². The van der Waals surface area contributed by atoms with Gasteiger partial charge in [0, 0.05) is 25.7 Å². The van der Waals surface area contributed by atoms with E-state index in [2.05, 4.69) is 33.9 Å². The molecule has 0 saturated carbocycles. The minimum atomic E-state index is -3.29. The lowest BCUT2D eigenvalue weighted by atomic mass is 10.1. The second-order valence-corrected chi connectivity index (χ2v) is 8.66. The predicted octanol–water partition coefficient (Wildman–Crippen LogP) is 2.01. The van der Waals surface area contributed by atoms with Crippen molar-refractivity contribution < 1.29 is 8.42 Å². The first-order chi connectivity index (χ1) is 11.6. The maximum absolute atomic E-state index is 12.4. The van der Waals surface area contributed by atoms with Gasteiger partial charge in [-0.15, -0.1) is 0 Å². The topological polar surface area (TPSA) is 52.7 Å². The zero-order valence-electron chi connectivity index (χ0n) is 14.4. The van der Waals surface area contributed by atoms with E-state index in [0.29, 0.717) is 13.1 Å². The van der Waals surface area contributed by atoms with Gasteiger partial charge in [-0.25, -0.2) is 0 Å². The Labute approximate surface area is 146 Å². The molecule has 2 fully saturated rings. The van der Waals surface area contributed by atoms with Crippen molar-refractivity contribution >= 4 is 10.2 Å². The molecule has 24 heavy (non-hydrogen) atoms. The number of nitrogens with one attached hydrogen (secondary N) is 1. The van der Waals surface area contributed by atoms with Crippen LogP contribution in [-0.2, 0) is 16.6 Å². The molecule has 1 atom stereocenters. The van der Waals surface area contributed by atoms with Crippen LogP contribution < -0.4 is 4.72 Å². The van der Waals surface area contributed by atoms with Crippen LogP contribution >= 0.6 is 0 Å². The smallest absolute Gasteiger partial charge is 0.279 e. The average molecular weight is 352 g/mol. The third-order valence-corrected chi connectivity index (χ3v) is 6.68. The first-order valence-electron chi connectivity index (χ1n) is 9.17. The van der Waals surface area contributed by atoms with Crippen LogP contribution in [0.15, 0.2) is 30.3 Å². The van der Waals surface area contributed by atoms with Crippen LogP contribution in [0.25, 0.3) is 0 Å². The maximum atomic E-state index is 12.4. The van der Waals surface area contributed by atoms with Crippen LogP contribution in [-0.4, -0.2) is 56.4 Å². The van der Waals surface area contributed by atoms with Crippen LogP contribution in [0.5, 0.6) is 0 Å². The molecule has 1 aromatic carbocycles. The third-order valence-electron chi connectivity index (χ3n) is 5.01. The Morgan fingerprint density at radius 2 is 1.79 bits per heavy atom. The van der Waals surface area contributed by atoms with Crippen molar-refractivity contribution in [3.05, 3.63) is 35.9 Å². The van der Waals surface area contributed by atoms with Crippen molar-refractivity contribution in [3.63, 3.8) is 0 Å². The van der Waals surface area contributed by atoms with Gasteiger partial charge in [-0.1, -0.05) is 30.3 Å². The second kappa shape index (κ2) is 8.43. The van der Waals surface area contributed by atoms with Crippen LogP contribution in [0, 0.1) is 0 Å². The van der Waals surface area contributed by atoms with Gasteiger partial charge in [0.05, 0.1) is 0 Å². The van der Waals surface area contributed by atoms with E-state index < -0.39 is 10.2 Å². The summed E-state index contributed by atoms with van der Waals surface area (Å²) in [6, 6.07) is 10.6. The molecule has 6 heteroatoms. The number of benzene rings is 1. The molecule has 2 aliphatic heterocycles. The SMILES string of the molecule is O=S(=O)(N[C@@H]1CCCN(CCCc2ccccc2)C1)N1CCCC1. The largest absolute Gasteiger partial charge is 0.302 e. The Morgan fingerprint density at radius 3 is 2.54 bits per heavy atom. The van der Waals surface area contributed by atoms with E-state index >= 15 is 0 Å². The molecule has 0 unspecified atom stereocenters. The monoisotopic (exact) mass is 351 g/mol. The number of likely N-dealkylation sites (tertiary alicyclic amines) is 1. The molecular weight excluding hydrogens is 322 g/mol. The summed E-state index contributed by atoms with van der Waals surface area (Å²) >= 11 is 0. The minimum Gasteiger partial charge on any atom is -0.302 e. The Morgan fingerprint density at radius 1 is 1.04 bits per heavy atom. The number of aryl methyl sites for hydroxylation is 1. The molecule has 3 rings (SSSR count). The van der Waals surface area contributed by atoms with E-state index in [9.17, 15) is 8.42 Å². The number of rotatable bonds is 7. The molecule has 0 amide bonds. The van der Waals surface area contributed by atoms with E-state index in [1.807, 2.05) is 6.07 Å². The lowest BCUT2D eigenvalue weighted by Gasteiger charge is -2.33. The van der Waals surface area contributed by atoms with Gasteiger partial charge < -0.3 is 4.90 Å². The van der Waals surface area contributed by atoms with Gasteiger partial charge in [0.2, 0.25) is 0 Å². The third kappa shape index (κ3) is 5.02. The summed E-state index contributed by atoms with van der Waals surface area (Å²) in [4.78, 5) is 2.41. The zero-order chi connectivity index (χ0) is 16.8. The van der Waals surface area contributed by atoms with E-state index in [1.165, 1.54) is 5.56 Å². The van der Waals surface area contributed by atoms with Gasteiger partial charge >= 0.3 is 0 Å². The fourth-order valence-corrected chi connectivity index (χ4v) is 5.22.